The maximum Gasteiger partial charge on any atom is 0.169 e. The number of carbonyl (C=O) groups is 1. The molecule has 19 heavy (non-hydrogen) atoms. The first-order chi connectivity index (χ1) is 9.20. The minimum Gasteiger partial charge on any atom is -0.378 e. The van der Waals surface area contributed by atoms with Gasteiger partial charge < -0.3 is 9.47 Å². The molecule has 1 aromatic rings. The number of hydrogen-bond donors (Lipinski definition) is 0. The first kappa shape index (κ1) is 12.8. The predicted octanol–water partition coefficient (Wildman–Crippen LogP) is 2.59. The molecule has 0 amide bonds. The van der Waals surface area contributed by atoms with Gasteiger partial charge in [-0.05, 0) is 25.0 Å². The fourth-order valence-electron chi connectivity index (χ4n) is 3.00. The van der Waals surface area contributed by atoms with E-state index in [-0.39, 0.29) is 22.9 Å². The predicted molar refractivity (Wildman–Crippen MR) is 67.6 cm³/mol. The van der Waals surface area contributed by atoms with Gasteiger partial charge in [-0.3, -0.25) is 4.79 Å². The molecule has 0 aliphatic carbocycles. The molecule has 0 radical (unpaired) electrons. The van der Waals surface area contributed by atoms with Gasteiger partial charge in [0.05, 0.1) is 17.8 Å². The van der Waals surface area contributed by atoms with Crippen LogP contribution in [0.1, 0.15) is 29.6 Å². The number of benzene rings is 1. The standard InChI is InChI=1S/C15H17FO3/c16-13-4-2-1-3-12(13)14(17)11-5-7-19-15(9-11)6-8-18-10-15/h1-4,11H,5-10H2. The van der Waals surface area contributed by atoms with E-state index in [1.807, 2.05) is 0 Å². The number of hydrogen-bond acceptors (Lipinski definition) is 3. The SMILES string of the molecule is O=C(c1ccccc1F)C1CCOC2(CCOC2)C1. The first-order valence-corrected chi connectivity index (χ1v) is 6.71. The average Bonchev–Trinajstić information content (AvgIpc) is 2.86. The molecule has 2 aliphatic rings. The molecule has 4 heteroatoms. The van der Waals surface area contributed by atoms with E-state index in [9.17, 15) is 9.18 Å². The van der Waals surface area contributed by atoms with Gasteiger partial charge in [0.1, 0.15) is 5.82 Å². The normalized spacial score (nSPS) is 30.7. The molecule has 2 heterocycles. The van der Waals surface area contributed by atoms with Crippen molar-refractivity contribution in [1.29, 1.82) is 0 Å². The highest BCUT2D eigenvalue weighted by atomic mass is 19.1. The van der Waals surface area contributed by atoms with Crippen LogP contribution in [-0.4, -0.2) is 31.2 Å². The lowest BCUT2D eigenvalue weighted by molar-refractivity contribution is -0.0921. The monoisotopic (exact) mass is 264 g/mol. The van der Waals surface area contributed by atoms with Gasteiger partial charge in [-0.25, -0.2) is 4.39 Å². The second-order valence-electron chi connectivity index (χ2n) is 5.37. The number of carbonyl (C=O) groups excluding carboxylic acids is 1. The zero-order valence-corrected chi connectivity index (χ0v) is 10.7. The Morgan fingerprint density at radius 2 is 2.16 bits per heavy atom. The minimum atomic E-state index is -0.435. The van der Waals surface area contributed by atoms with Crippen molar-refractivity contribution < 1.29 is 18.7 Å². The van der Waals surface area contributed by atoms with Crippen molar-refractivity contribution in [3.63, 3.8) is 0 Å². The lowest BCUT2D eigenvalue weighted by Crippen LogP contribution is -2.42. The number of halogens is 1. The van der Waals surface area contributed by atoms with Gasteiger partial charge in [0.15, 0.2) is 5.78 Å². The zero-order chi connectivity index (χ0) is 13.3. The Balaban J connectivity index is 1.78. The van der Waals surface area contributed by atoms with Crippen molar-refractivity contribution in [2.45, 2.75) is 24.9 Å². The molecule has 0 N–H and O–H groups in total. The topological polar surface area (TPSA) is 35.5 Å². The van der Waals surface area contributed by atoms with Gasteiger partial charge in [-0.15, -0.1) is 0 Å². The van der Waals surface area contributed by atoms with Crippen LogP contribution >= 0.6 is 0 Å². The van der Waals surface area contributed by atoms with Gasteiger partial charge in [0.25, 0.3) is 0 Å². The third kappa shape index (κ3) is 2.42. The molecule has 2 aliphatic heterocycles. The van der Waals surface area contributed by atoms with E-state index in [1.165, 1.54) is 6.07 Å². The van der Waals surface area contributed by atoms with Crippen LogP contribution in [0.15, 0.2) is 24.3 Å². The van der Waals surface area contributed by atoms with Crippen LogP contribution in [-0.2, 0) is 9.47 Å². The van der Waals surface area contributed by atoms with Crippen LogP contribution in [0.2, 0.25) is 0 Å². The van der Waals surface area contributed by atoms with Gasteiger partial charge in [0.2, 0.25) is 0 Å². The third-order valence-corrected chi connectivity index (χ3v) is 4.07. The Hall–Kier alpha value is -1.26. The number of ketones is 1. The first-order valence-electron chi connectivity index (χ1n) is 6.71. The highest BCUT2D eigenvalue weighted by Crippen LogP contribution is 2.37. The van der Waals surface area contributed by atoms with Crippen LogP contribution in [0, 0.1) is 11.7 Å². The Bertz CT molecular complexity index is 480. The van der Waals surface area contributed by atoms with Crippen molar-refractivity contribution in [2.75, 3.05) is 19.8 Å². The van der Waals surface area contributed by atoms with Gasteiger partial charge in [-0.1, -0.05) is 12.1 Å². The second kappa shape index (κ2) is 5.02. The molecule has 0 bridgehead atoms. The molecule has 0 aromatic heterocycles. The maximum atomic E-state index is 13.7. The van der Waals surface area contributed by atoms with Crippen LogP contribution in [0.5, 0.6) is 0 Å². The summed E-state index contributed by atoms with van der Waals surface area (Å²) < 4.78 is 24.9. The number of rotatable bonds is 2. The Morgan fingerprint density at radius 1 is 1.32 bits per heavy atom. The fourth-order valence-corrected chi connectivity index (χ4v) is 3.00. The fraction of sp³-hybridized carbons (Fsp3) is 0.533. The average molecular weight is 264 g/mol. The summed E-state index contributed by atoms with van der Waals surface area (Å²) in [6, 6.07) is 6.19. The summed E-state index contributed by atoms with van der Waals surface area (Å²) in [7, 11) is 0. The molecule has 102 valence electrons. The zero-order valence-electron chi connectivity index (χ0n) is 10.7. The summed E-state index contributed by atoms with van der Waals surface area (Å²) in [5.74, 6) is -0.698. The van der Waals surface area contributed by atoms with Crippen molar-refractivity contribution in [3.8, 4) is 0 Å². The Kier molecular flexibility index (Phi) is 3.37. The smallest absolute Gasteiger partial charge is 0.169 e. The van der Waals surface area contributed by atoms with E-state index in [0.717, 1.165) is 6.42 Å². The molecule has 0 saturated carbocycles. The molecule has 2 unspecified atom stereocenters. The lowest BCUT2D eigenvalue weighted by Gasteiger charge is -2.36. The van der Waals surface area contributed by atoms with E-state index < -0.39 is 5.82 Å². The lowest BCUT2D eigenvalue weighted by atomic mass is 9.81. The number of ether oxygens (including phenoxy) is 2. The number of Topliss-reactive ketones (excluding diaryl/α,β-unsaturated/α-hetero) is 1. The maximum absolute atomic E-state index is 13.7. The van der Waals surface area contributed by atoms with Crippen molar-refractivity contribution in [1.82, 2.24) is 0 Å². The van der Waals surface area contributed by atoms with Crippen LogP contribution in [0.25, 0.3) is 0 Å². The molecule has 2 fully saturated rings. The molecule has 1 aromatic carbocycles. The minimum absolute atomic E-state index is 0.104. The van der Waals surface area contributed by atoms with E-state index in [4.69, 9.17) is 9.47 Å². The molecule has 3 nitrogen and oxygen atoms in total. The third-order valence-electron chi connectivity index (χ3n) is 4.07. The summed E-state index contributed by atoms with van der Waals surface area (Å²) in [4.78, 5) is 12.4. The van der Waals surface area contributed by atoms with Crippen molar-refractivity contribution >= 4 is 5.78 Å². The summed E-state index contributed by atoms with van der Waals surface area (Å²) in [6.45, 7) is 1.78. The molecule has 2 saturated heterocycles. The van der Waals surface area contributed by atoms with E-state index >= 15 is 0 Å². The van der Waals surface area contributed by atoms with Gasteiger partial charge >= 0.3 is 0 Å². The largest absolute Gasteiger partial charge is 0.378 e. The summed E-state index contributed by atoms with van der Waals surface area (Å²) in [6.07, 6.45) is 2.13. The van der Waals surface area contributed by atoms with Crippen molar-refractivity contribution in [2.24, 2.45) is 5.92 Å². The second-order valence-corrected chi connectivity index (χ2v) is 5.37. The molecule has 2 atom stereocenters. The molecular weight excluding hydrogens is 247 g/mol. The quantitative estimate of drug-likeness (QED) is 0.770. The van der Waals surface area contributed by atoms with E-state index in [1.54, 1.807) is 18.2 Å². The van der Waals surface area contributed by atoms with Gasteiger partial charge in [0, 0.05) is 25.6 Å². The van der Waals surface area contributed by atoms with E-state index in [2.05, 4.69) is 0 Å². The molecule has 1 spiro atoms. The highest BCUT2D eigenvalue weighted by molar-refractivity contribution is 5.98. The summed E-state index contributed by atoms with van der Waals surface area (Å²) in [5, 5.41) is 0. The van der Waals surface area contributed by atoms with E-state index in [0.29, 0.717) is 32.7 Å². The Labute approximate surface area is 111 Å². The van der Waals surface area contributed by atoms with Crippen LogP contribution in [0.4, 0.5) is 4.39 Å². The highest BCUT2D eigenvalue weighted by Gasteiger charge is 2.43. The molecular formula is C15H17FO3. The van der Waals surface area contributed by atoms with Gasteiger partial charge in [-0.2, -0.15) is 0 Å². The van der Waals surface area contributed by atoms with Crippen LogP contribution in [0.3, 0.4) is 0 Å². The summed E-state index contributed by atoms with van der Waals surface area (Å²) >= 11 is 0. The van der Waals surface area contributed by atoms with Crippen molar-refractivity contribution in [3.05, 3.63) is 35.6 Å². The summed E-state index contributed by atoms with van der Waals surface area (Å²) in [5.41, 5.74) is -0.118. The Morgan fingerprint density at radius 3 is 2.89 bits per heavy atom. The van der Waals surface area contributed by atoms with Crippen LogP contribution < -0.4 is 0 Å². The molecule has 3 rings (SSSR count).